The first-order valence-corrected chi connectivity index (χ1v) is 11.4. The van der Waals surface area contributed by atoms with Gasteiger partial charge in [0.05, 0.1) is 38.1 Å². The largest absolute Gasteiger partial charge is 0.469 e. The first-order valence-electron chi connectivity index (χ1n) is 11.4. The number of carbonyl (C=O) groups is 1. The average molecular weight is 466 g/mol. The van der Waals surface area contributed by atoms with Crippen LogP contribution >= 0.6 is 0 Å². The fourth-order valence-corrected chi connectivity index (χ4v) is 4.30. The zero-order chi connectivity index (χ0) is 23.7. The molecule has 0 aliphatic carbocycles. The first-order chi connectivity index (χ1) is 15.3. The summed E-state index contributed by atoms with van der Waals surface area (Å²) in [6, 6.07) is -0.907. The number of β-amino-alcohol motifs (C(OH)–C–C–N with tert-alkyl or cyclic N) is 1. The molecule has 0 spiro atoms. The average Bonchev–Trinajstić information content (AvgIpc) is 3.21. The number of carbonyl (C=O) groups excluding carboxylic acids is 1. The van der Waals surface area contributed by atoms with Crippen LogP contribution in [-0.2, 0) is 19.0 Å². The summed E-state index contributed by atoms with van der Waals surface area (Å²) >= 11 is 0. The van der Waals surface area contributed by atoms with Crippen LogP contribution in [0.3, 0.4) is 0 Å². The van der Waals surface area contributed by atoms with E-state index in [4.69, 9.17) is 9.47 Å². The Balaban J connectivity index is 1.67. The van der Waals surface area contributed by atoms with E-state index >= 15 is 0 Å². The van der Waals surface area contributed by atoms with Gasteiger partial charge < -0.3 is 44.8 Å². The van der Waals surface area contributed by atoms with Gasteiger partial charge >= 0.3 is 5.97 Å². The Hall–Kier alpha value is -0.890. The number of unbranched alkanes of at least 4 members (excludes halogenated alkanes) is 5. The van der Waals surface area contributed by atoms with Crippen molar-refractivity contribution in [3.8, 4) is 0 Å². The molecule has 2 saturated heterocycles. The summed E-state index contributed by atoms with van der Waals surface area (Å²) in [7, 11) is 1.38. The number of hydrogen-bond donors (Lipinski definition) is 6. The zero-order valence-electron chi connectivity index (χ0n) is 18.7. The fraction of sp³-hybridized carbons (Fsp3) is 0.952. The maximum absolute atomic E-state index is 11.0. The molecule has 0 bridgehead atoms. The van der Waals surface area contributed by atoms with Gasteiger partial charge in [-0.15, -0.1) is 0 Å². The molecule has 2 aliphatic rings. The Labute approximate surface area is 188 Å². The Bertz CT molecular complexity index is 553. The van der Waals surface area contributed by atoms with E-state index in [1.165, 1.54) is 7.11 Å². The molecule has 188 valence electrons. The van der Waals surface area contributed by atoms with Crippen molar-refractivity contribution in [2.75, 3.05) is 33.4 Å². The highest BCUT2D eigenvalue weighted by Gasteiger charge is 2.49. The van der Waals surface area contributed by atoms with Crippen LogP contribution in [0.4, 0.5) is 0 Å². The minimum Gasteiger partial charge on any atom is -0.469 e. The lowest BCUT2D eigenvalue weighted by molar-refractivity contribution is -0.169. The maximum atomic E-state index is 11.0. The van der Waals surface area contributed by atoms with Crippen LogP contribution in [0.2, 0.25) is 0 Å². The molecule has 8 atom stereocenters. The van der Waals surface area contributed by atoms with Crippen molar-refractivity contribution in [2.24, 2.45) is 0 Å². The number of hydrogen-bond acceptors (Lipinski definition) is 11. The quantitative estimate of drug-likeness (QED) is 0.125. The van der Waals surface area contributed by atoms with E-state index in [1.54, 1.807) is 4.90 Å². The number of ether oxygens (including phenoxy) is 3. The number of esters is 1. The first kappa shape index (κ1) is 27.4. The monoisotopic (exact) mass is 465 g/mol. The van der Waals surface area contributed by atoms with Gasteiger partial charge in [-0.05, 0) is 12.8 Å². The number of nitrogens with zero attached hydrogens (tertiary/aromatic N) is 1. The third kappa shape index (κ3) is 7.57. The standard InChI is InChI=1S/C21H39NO10/c1-30-16(26)8-6-4-2-3-5-7-9-31-21-20(29)19(28)15(32-21)11-22-10-13(24)18(27)17(22)14(25)12-23/h13-15,17-21,23-25,27-29H,2-12H2,1H3/t13-,14+,15-,17-,18+,19-,20+,21+/m1/s1. The fourth-order valence-electron chi connectivity index (χ4n) is 4.30. The molecule has 11 nitrogen and oxygen atoms in total. The molecule has 0 radical (unpaired) electrons. The molecule has 2 rings (SSSR count). The van der Waals surface area contributed by atoms with Crippen LogP contribution < -0.4 is 0 Å². The second kappa shape index (κ2) is 13.7. The van der Waals surface area contributed by atoms with Crippen molar-refractivity contribution in [2.45, 2.75) is 93.9 Å². The van der Waals surface area contributed by atoms with Crippen LogP contribution in [0.1, 0.15) is 44.9 Å². The Morgan fingerprint density at radius 2 is 1.69 bits per heavy atom. The summed E-state index contributed by atoms with van der Waals surface area (Å²) in [5.74, 6) is -0.189. The predicted octanol–water partition coefficient (Wildman–Crippen LogP) is -1.89. The molecular weight excluding hydrogens is 426 g/mol. The van der Waals surface area contributed by atoms with Gasteiger partial charge in [0.1, 0.15) is 18.3 Å². The lowest BCUT2D eigenvalue weighted by Gasteiger charge is -2.31. The maximum Gasteiger partial charge on any atom is 0.305 e. The summed E-state index contributed by atoms with van der Waals surface area (Å²) in [5, 5.41) is 59.8. The Morgan fingerprint density at radius 1 is 1.03 bits per heavy atom. The zero-order valence-corrected chi connectivity index (χ0v) is 18.7. The summed E-state index contributed by atoms with van der Waals surface area (Å²) in [6.07, 6.45) is -1.99. The van der Waals surface area contributed by atoms with Gasteiger partial charge in [0, 0.05) is 26.1 Å². The molecule has 0 saturated carbocycles. The van der Waals surface area contributed by atoms with Gasteiger partial charge in [-0.2, -0.15) is 0 Å². The summed E-state index contributed by atoms with van der Waals surface area (Å²) < 4.78 is 15.8. The predicted molar refractivity (Wildman–Crippen MR) is 111 cm³/mol. The van der Waals surface area contributed by atoms with E-state index in [1.807, 2.05) is 0 Å². The number of likely N-dealkylation sites (tertiary alicyclic amines) is 1. The highest BCUT2D eigenvalue weighted by molar-refractivity contribution is 5.68. The third-order valence-corrected chi connectivity index (χ3v) is 6.19. The van der Waals surface area contributed by atoms with Gasteiger partial charge in [0.25, 0.3) is 0 Å². The molecule has 0 unspecified atom stereocenters. The van der Waals surface area contributed by atoms with Gasteiger partial charge in [0.2, 0.25) is 0 Å². The molecule has 2 aliphatic heterocycles. The Kier molecular flexibility index (Phi) is 11.7. The second-order valence-corrected chi connectivity index (χ2v) is 8.59. The lowest BCUT2D eigenvalue weighted by Crippen LogP contribution is -2.50. The van der Waals surface area contributed by atoms with Crippen LogP contribution in [0.15, 0.2) is 0 Å². The normalized spacial score (nSPS) is 34.2. The molecule has 0 aromatic rings. The summed E-state index contributed by atoms with van der Waals surface area (Å²) in [6.45, 7) is -0.148. The van der Waals surface area contributed by atoms with Crippen LogP contribution in [0.25, 0.3) is 0 Å². The summed E-state index contributed by atoms with van der Waals surface area (Å²) in [4.78, 5) is 12.6. The van der Waals surface area contributed by atoms with E-state index in [0.29, 0.717) is 13.0 Å². The van der Waals surface area contributed by atoms with Gasteiger partial charge in [-0.25, -0.2) is 0 Å². The number of methoxy groups -OCH3 is 1. The molecule has 2 fully saturated rings. The minimum atomic E-state index is -1.27. The van der Waals surface area contributed by atoms with E-state index in [2.05, 4.69) is 4.74 Å². The molecule has 0 aromatic carbocycles. The third-order valence-electron chi connectivity index (χ3n) is 6.19. The molecule has 0 aromatic heterocycles. The topological polar surface area (TPSA) is 169 Å². The van der Waals surface area contributed by atoms with Crippen molar-refractivity contribution in [1.29, 1.82) is 0 Å². The SMILES string of the molecule is COC(=O)CCCCCCCCO[C@H]1O[C@H](CN2C[C@@H](O)[C@H](O)[C@H]2[C@@H](O)CO)[C@@H](O)[C@@H]1O. The molecule has 6 N–H and O–H groups in total. The van der Waals surface area contributed by atoms with E-state index in [9.17, 15) is 35.4 Å². The van der Waals surface area contributed by atoms with E-state index < -0.39 is 55.6 Å². The van der Waals surface area contributed by atoms with Crippen LogP contribution in [0.5, 0.6) is 0 Å². The second-order valence-electron chi connectivity index (χ2n) is 8.59. The van der Waals surface area contributed by atoms with Crippen molar-refractivity contribution >= 4 is 5.97 Å². The van der Waals surface area contributed by atoms with E-state index in [-0.39, 0.29) is 19.1 Å². The number of aliphatic hydroxyl groups is 6. The van der Waals surface area contributed by atoms with Crippen LogP contribution in [0, 0.1) is 0 Å². The van der Waals surface area contributed by atoms with Crippen molar-refractivity contribution in [3.63, 3.8) is 0 Å². The Morgan fingerprint density at radius 3 is 2.34 bits per heavy atom. The van der Waals surface area contributed by atoms with Gasteiger partial charge in [0.15, 0.2) is 6.29 Å². The molecule has 11 heteroatoms. The smallest absolute Gasteiger partial charge is 0.305 e. The minimum absolute atomic E-state index is 0.0384. The highest BCUT2D eigenvalue weighted by atomic mass is 16.7. The molecule has 32 heavy (non-hydrogen) atoms. The van der Waals surface area contributed by atoms with Crippen LogP contribution in [-0.4, -0.2) is 124 Å². The molecule has 2 heterocycles. The summed E-state index contributed by atoms with van der Waals surface area (Å²) in [5.41, 5.74) is 0. The van der Waals surface area contributed by atoms with Crippen molar-refractivity contribution in [3.05, 3.63) is 0 Å². The number of rotatable bonds is 14. The van der Waals surface area contributed by atoms with Crippen molar-refractivity contribution < 1.29 is 49.6 Å². The van der Waals surface area contributed by atoms with Gasteiger partial charge in [-0.3, -0.25) is 9.69 Å². The van der Waals surface area contributed by atoms with Gasteiger partial charge in [-0.1, -0.05) is 25.7 Å². The lowest BCUT2D eigenvalue weighted by atomic mass is 10.0. The number of aliphatic hydroxyl groups excluding tert-OH is 6. The van der Waals surface area contributed by atoms with E-state index in [0.717, 1.165) is 38.5 Å². The molecule has 0 amide bonds. The van der Waals surface area contributed by atoms with Crippen molar-refractivity contribution in [1.82, 2.24) is 4.90 Å². The molecular formula is C21H39NO10. The highest BCUT2D eigenvalue weighted by Crippen LogP contribution is 2.28.